The largest absolute Gasteiger partial charge is 0.309 e. The van der Waals surface area contributed by atoms with Gasteiger partial charge in [-0.15, -0.1) is 0 Å². The Morgan fingerprint density at radius 1 is 0.379 bits per heavy atom. The Morgan fingerprint density at radius 2 is 0.939 bits per heavy atom. The van der Waals surface area contributed by atoms with E-state index in [4.69, 9.17) is 0 Å². The van der Waals surface area contributed by atoms with Crippen LogP contribution in [0, 0.1) is 0 Å². The van der Waals surface area contributed by atoms with E-state index in [2.05, 4.69) is 249 Å². The van der Waals surface area contributed by atoms with Gasteiger partial charge < -0.3 is 4.57 Å². The highest BCUT2D eigenvalue weighted by molar-refractivity contribution is 6.13. The minimum atomic E-state index is -0.588. The van der Waals surface area contributed by atoms with E-state index in [1.165, 1.54) is 122 Å². The maximum Gasteiger partial charge on any atom is 0.0760 e. The second-order valence-corrected chi connectivity index (χ2v) is 19.0. The maximum absolute atomic E-state index is 2.54. The van der Waals surface area contributed by atoms with Gasteiger partial charge in [0, 0.05) is 22.1 Å². The molecule has 0 bridgehead atoms. The van der Waals surface area contributed by atoms with Crippen molar-refractivity contribution in [1.82, 2.24) is 4.57 Å². The molecular weight excluding hydrogens is 795 g/mol. The van der Waals surface area contributed by atoms with Crippen LogP contribution >= 0.6 is 0 Å². The molecule has 3 aliphatic rings. The lowest BCUT2D eigenvalue weighted by atomic mass is 9.63. The van der Waals surface area contributed by atoms with Gasteiger partial charge in [0.15, 0.2) is 0 Å². The number of aromatic nitrogens is 1. The number of para-hydroxylation sites is 3. The second-order valence-electron chi connectivity index (χ2n) is 19.0. The molecule has 0 saturated heterocycles. The molecule has 1 nitrogen and oxygen atoms in total. The maximum atomic E-state index is 2.54. The summed E-state index contributed by atoms with van der Waals surface area (Å²) in [7, 11) is 0. The molecule has 14 rings (SSSR count). The molecule has 0 saturated carbocycles. The Balaban J connectivity index is 1.09. The SMILES string of the molecule is CC1(C)c2ccccc2-c2c(C(c3cccc(-c4ccccc4)c3)c3ccccc3-c3cccc4c3C3(c5ccccc5-4)c4ccccc4-n4c5ccccc5c5cccc3c54)cccc21. The first-order valence-electron chi connectivity index (χ1n) is 23.4. The van der Waals surface area contributed by atoms with Crippen molar-refractivity contribution < 1.29 is 0 Å². The van der Waals surface area contributed by atoms with E-state index in [1.54, 1.807) is 0 Å². The zero-order valence-corrected chi connectivity index (χ0v) is 37.0. The number of nitrogens with zero attached hydrogens (tertiary/aromatic N) is 1. The van der Waals surface area contributed by atoms with Gasteiger partial charge in [-0.2, -0.15) is 0 Å². The summed E-state index contributed by atoms with van der Waals surface area (Å²) in [5.41, 5.74) is 25.4. The molecule has 1 heteroatoms. The number of hydrogen-bond acceptors (Lipinski definition) is 0. The van der Waals surface area contributed by atoms with Crippen LogP contribution in [0.25, 0.3) is 72.0 Å². The molecule has 1 aliphatic heterocycles. The highest BCUT2D eigenvalue weighted by atomic mass is 15.0. The fraction of sp³-hybridized carbons (Fsp3) is 0.0769. The van der Waals surface area contributed by atoms with Crippen molar-refractivity contribution in [2.75, 3.05) is 0 Å². The monoisotopic (exact) mass is 839 g/mol. The molecular formula is C65H45N. The third kappa shape index (κ3) is 4.84. The summed E-state index contributed by atoms with van der Waals surface area (Å²) in [6.45, 7) is 4.79. The first-order valence-corrected chi connectivity index (χ1v) is 23.4. The van der Waals surface area contributed by atoms with Crippen molar-refractivity contribution in [1.29, 1.82) is 0 Å². The van der Waals surface area contributed by atoms with Gasteiger partial charge in [0.05, 0.1) is 22.1 Å². The molecule has 0 radical (unpaired) electrons. The quantitative estimate of drug-likeness (QED) is 0.152. The lowest BCUT2D eigenvalue weighted by Crippen LogP contribution is -2.34. The Labute approximate surface area is 385 Å². The van der Waals surface area contributed by atoms with Crippen molar-refractivity contribution in [3.8, 4) is 50.2 Å². The van der Waals surface area contributed by atoms with E-state index in [-0.39, 0.29) is 11.3 Å². The van der Waals surface area contributed by atoms with Crippen LogP contribution in [0.15, 0.2) is 231 Å². The summed E-state index contributed by atoms with van der Waals surface area (Å²) >= 11 is 0. The Bertz CT molecular complexity index is 3810. The van der Waals surface area contributed by atoms with Gasteiger partial charge in [-0.25, -0.2) is 0 Å². The number of benzene rings is 10. The molecule has 66 heavy (non-hydrogen) atoms. The topological polar surface area (TPSA) is 4.93 Å². The van der Waals surface area contributed by atoms with Crippen LogP contribution in [-0.4, -0.2) is 4.57 Å². The zero-order chi connectivity index (χ0) is 43.7. The fourth-order valence-corrected chi connectivity index (χ4v) is 12.9. The number of fused-ring (bicyclic) bond motifs is 15. The summed E-state index contributed by atoms with van der Waals surface area (Å²) in [6.07, 6.45) is 0. The van der Waals surface area contributed by atoms with Gasteiger partial charge in [-0.1, -0.05) is 232 Å². The second kappa shape index (κ2) is 13.8. The summed E-state index contributed by atoms with van der Waals surface area (Å²) in [6, 6.07) is 87.3. The molecule has 0 amide bonds. The van der Waals surface area contributed by atoms with Crippen LogP contribution in [0.5, 0.6) is 0 Å². The van der Waals surface area contributed by atoms with Gasteiger partial charge in [0.2, 0.25) is 0 Å². The molecule has 10 aromatic carbocycles. The van der Waals surface area contributed by atoms with Crippen LogP contribution in [-0.2, 0) is 10.8 Å². The molecule has 2 heterocycles. The molecule has 310 valence electrons. The van der Waals surface area contributed by atoms with E-state index in [9.17, 15) is 0 Å². The minimum Gasteiger partial charge on any atom is -0.309 e. The van der Waals surface area contributed by atoms with Crippen LogP contribution in [0.4, 0.5) is 0 Å². The van der Waals surface area contributed by atoms with Crippen LogP contribution in [0.3, 0.4) is 0 Å². The van der Waals surface area contributed by atoms with Crippen molar-refractivity contribution in [2.45, 2.75) is 30.6 Å². The Hall–Kier alpha value is -8.00. The summed E-state index contributed by atoms with van der Waals surface area (Å²) in [5.74, 6) is -0.0815. The molecule has 0 N–H and O–H groups in total. The number of hydrogen-bond donors (Lipinski definition) is 0. The lowest BCUT2D eigenvalue weighted by molar-refractivity contribution is 0.659. The molecule has 2 aliphatic carbocycles. The van der Waals surface area contributed by atoms with E-state index < -0.39 is 5.41 Å². The van der Waals surface area contributed by atoms with Crippen molar-refractivity contribution >= 4 is 21.8 Å². The standard InChI is InChI=1S/C65H45N/c1-64(2)53-33-11-9-28-51(53)61-52(32-19-36-56(61)64)60(43-23-16-22-42(40-43)41-20-4-3-5-21-41)47-27-7-6-24-44(47)48-29-17-30-49-45-25-8-12-34-54(45)65(62(48)49)55-35-13-15-39-59(55)66-58-38-14-10-26-46(58)50-31-18-37-57(65)63(50)66/h3-40,60H,1-2H3. The van der Waals surface area contributed by atoms with Crippen molar-refractivity contribution in [3.05, 3.63) is 281 Å². The van der Waals surface area contributed by atoms with Gasteiger partial charge in [-0.3, -0.25) is 0 Å². The summed E-state index contributed by atoms with van der Waals surface area (Å²) in [4.78, 5) is 0. The van der Waals surface area contributed by atoms with Gasteiger partial charge in [0.1, 0.15) is 0 Å². The third-order valence-electron chi connectivity index (χ3n) is 15.5. The van der Waals surface area contributed by atoms with Crippen LogP contribution in [0.2, 0.25) is 0 Å². The average molecular weight is 840 g/mol. The fourth-order valence-electron chi connectivity index (χ4n) is 12.9. The summed E-state index contributed by atoms with van der Waals surface area (Å²) < 4.78 is 2.54. The third-order valence-corrected chi connectivity index (χ3v) is 15.5. The zero-order valence-electron chi connectivity index (χ0n) is 37.0. The Kier molecular flexibility index (Phi) is 7.79. The number of rotatable bonds is 5. The molecule has 0 fully saturated rings. The first-order chi connectivity index (χ1) is 32.5. The van der Waals surface area contributed by atoms with E-state index >= 15 is 0 Å². The highest BCUT2D eigenvalue weighted by Crippen LogP contribution is 2.63. The van der Waals surface area contributed by atoms with Crippen molar-refractivity contribution in [3.63, 3.8) is 0 Å². The normalized spacial score (nSPS) is 16.2. The molecule has 2 unspecified atom stereocenters. The molecule has 1 aromatic heterocycles. The molecule has 1 spiro atoms. The predicted octanol–water partition coefficient (Wildman–Crippen LogP) is 16.3. The highest BCUT2D eigenvalue weighted by Gasteiger charge is 2.52. The van der Waals surface area contributed by atoms with E-state index in [1.807, 2.05) is 0 Å². The van der Waals surface area contributed by atoms with Gasteiger partial charge in [0.25, 0.3) is 0 Å². The smallest absolute Gasteiger partial charge is 0.0760 e. The first kappa shape index (κ1) is 37.4. The molecule has 2 atom stereocenters. The van der Waals surface area contributed by atoms with Crippen molar-refractivity contribution in [2.24, 2.45) is 0 Å². The Morgan fingerprint density at radius 3 is 1.80 bits per heavy atom. The van der Waals surface area contributed by atoms with Crippen LogP contribution in [0.1, 0.15) is 69.8 Å². The lowest BCUT2D eigenvalue weighted by Gasteiger charge is -2.40. The van der Waals surface area contributed by atoms with Gasteiger partial charge in [-0.05, 0) is 107 Å². The molecule has 11 aromatic rings. The minimum absolute atomic E-state index is 0.0815. The van der Waals surface area contributed by atoms with Crippen LogP contribution < -0.4 is 0 Å². The van der Waals surface area contributed by atoms with E-state index in [0.717, 1.165) is 0 Å². The van der Waals surface area contributed by atoms with Gasteiger partial charge >= 0.3 is 0 Å². The summed E-state index contributed by atoms with van der Waals surface area (Å²) in [5, 5.41) is 2.58. The predicted molar refractivity (Wildman–Crippen MR) is 274 cm³/mol. The van der Waals surface area contributed by atoms with E-state index in [0.29, 0.717) is 0 Å². The average Bonchev–Trinajstić information content (AvgIpc) is 3.96.